The first-order valence-corrected chi connectivity index (χ1v) is 9.40. The van der Waals surface area contributed by atoms with E-state index in [1.165, 1.54) is 0 Å². The number of carbonyl (C=O) groups is 2. The van der Waals surface area contributed by atoms with Crippen LogP contribution in [0, 0.1) is 18.8 Å². The Hall–Kier alpha value is -2.08. The van der Waals surface area contributed by atoms with Crippen LogP contribution in [0.3, 0.4) is 0 Å². The molecule has 1 aromatic rings. The molecule has 1 heterocycles. The number of hydrogen-bond acceptors (Lipinski definition) is 3. The van der Waals surface area contributed by atoms with Gasteiger partial charge in [-0.15, -0.1) is 0 Å². The van der Waals surface area contributed by atoms with Crippen LogP contribution in [0.25, 0.3) is 0 Å². The number of likely N-dealkylation sites (tertiary alicyclic amines) is 1. The molecule has 2 atom stereocenters. The molecule has 2 unspecified atom stereocenters. The molecule has 3 N–H and O–H groups in total. The third-order valence-electron chi connectivity index (χ3n) is 5.29. The van der Waals surface area contributed by atoms with E-state index in [4.69, 9.17) is 5.11 Å². The molecule has 6 heteroatoms. The van der Waals surface area contributed by atoms with Crippen molar-refractivity contribution in [2.75, 3.05) is 25.0 Å². The van der Waals surface area contributed by atoms with Crippen LogP contribution in [0.2, 0.25) is 0 Å². The lowest BCUT2D eigenvalue weighted by atomic mass is 9.98. The summed E-state index contributed by atoms with van der Waals surface area (Å²) in [6, 6.07) is 4.92. The molecule has 0 radical (unpaired) electrons. The smallest absolute Gasteiger partial charge is 0.319 e. The maximum atomic E-state index is 12.6. The Morgan fingerprint density at radius 2 is 1.92 bits per heavy atom. The van der Waals surface area contributed by atoms with E-state index in [2.05, 4.69) is 17.6 Å². The molecule has 3 amide bonds. The second-order valence-corrected chi connectivity index (χ2v) is 7.55. The summed E-state index contributed by atoms with van der Waals surface area (Å²) in [5.74, 6) is 0.720. The maximum absolute atomic E-state index is 12.6. The van der Waals surface area contributed by atoms with Gasteiger partial charge in [-0.2, -0.15) is 0 Å². The minimum absolute atomic E-state index is 0.0193. The number of benzene rings is 1. The van der Waals surface area contributed by atoms with Crippen LogP contribution in [0.5, 0.6) is 0 Å². The molecule has 0 aromatic heterocycles. The van der Waals surface area contributed by atoms with Gasteiger partial charge < -0.3 is 20.6 Å². The highest BCUT2D eigenvalue weighted by atomic mass is 16.3. The second-order valence-electron chi connectivity index (χ2n) is 7.55. The largest absolute Gasteiger partial charge is 0.396 e. The van der Waals surface area contributed by atoms with Crippen LogP contribution >= 0.6 is 0 Å². The van der Waals surface area contributed by atoms with Crippen molar-refractivity contribution in [1.29, 1.82) is 0 Å². The summed E-state index contributed by atoms with van der Waals surface area (Å²) in [6.07, 6.45) is 2.10. The maximum Gasteiger partial charge on any atom is 0.319 e. The summed E-state index contributed by atoms with van der Waals surface area (Å²) in [7, 11) is 0. The Morgan fingerprint density at radius 1 is 1.27 bits per heavy atom. The van der Waals surface area contributed by atoms with Crippen LogP contribution in [0.1, 0.15) is 49.5 Å². The molecular weight excluding hydrogens is 330 g/mol. The molecule has 0 bridgehead atoms. The van der Waals surface area contributed by atoms with Crippen molar-refractivity contribution in [3.05, 3.63) is 29.3 Å². The first kappa shape index (κ1) is 20.2. The molecule has 0 spiro atoms. The molecule has 1 aromatic carbocycles. The van der Waals surface area contributed by atoms with Gasteiger partial charge in [-0.3, -0.25) is 4.79 Å². The van der Waals surface area contributed by atoms with E-state index >= 15 is 0 Å². The third kappa shape index (κ3) is 5.21. The number of rotatable bonds is 5. The van der Waals surface area contributed by atoms with Crippen LogP contribution in [-0.4, -0.2) is 47.7 Å². The topological polar surface area (TPSA) is 81.7 Å². The summed E-state index contributed by atoms with van der Waals surface area (Å²) >= 11 is 0. The Morgan fingerprint density at radius 3 is 2.50 bits per heavy atom. The first-order valence-electron chi connectivity index (χ1n) is 9.40. The summed E-state index contributed by atoms with van der Waals surface area (Å²) in [5.41, 5.74) is 2.18. The molecule has 26 heavy (non-hydrogen) atoms. The van der Waals surface area contributed by atoms with E-state index in [0.717, 1.165) is 31.5 Å². The van der Waals surface area contributed by atoms with Crippen molar-refractivity contribution in [1.82, 2.24) is 10.2 Å². The van der Waals surface area contributed by atoms with Gasteiger partial charge in [0.25, 0.3) is 5.91 Å². The van der Waals surface area contributed by atoms with Gasteiger partial charge in [-0.25, -0.2) is 4.79 Å². The highest BCUT2D eigenvalue weighted by molar-refractivity contribution is 5.96. The highest BCUT2D eigenvalue weighted by Gasteiger charge is 2.22. The fourth-order valence-corrected chi connectivity index (χ4v) is 3.00. The van der Waals surface area contributed by atoms with Crippen LogP contribution in [-0.2, 0) is 0 Å². The predicted molar refractivity (Wildman–Crippen MR) is 103 cm³/mol. The van der Waals surface area contributed by atoms with Crippen molar-refractivity contribution in [3.8, 4) is 0 Å². The number of nitrogens with one attached hydrogen (secondary N) is 2. The number of nitrogens with zero attached hydrogens (tertiary/aromatic N) is 1. The van der Waals surface area contributed by atoms with Gasteiger partial charge in [0.15, 0.2) is 0 Å². The number of carbonyl (C=O) groups excluding carboxylic acids is 2. The molecule has 1 aliphatic heterocycles. The fourth-order valence-electron chi connectivity index (χ4n) is 3.00. The number of aliphatic hydroxyl groups excluding tert-OH is 1. The number of anilines is 1. The molecule has 1 saturated heterocycles. The van der Waals surface area contributed by atoms with Gasteiger partial charge in [0.2, 0.25) is 0 Å². The number of piperidine rings is 1. The Kier molecular flexibility index (Phi) is 7.03. The monoisotopic (exact) mass is 361 g/mol. The minimum Gasteiger partial charge on any atom is -0.396 e. The molecular formula is C20H31N3O3. The lowest BCUT2D eigenvalue weighted by molar-refractivity contribution is 0.0697. The Labute approximate surface area is 156 Å². The van der Waals surface area contributed by atoms with Crippen molar-refractivity contribution in [3.63, 3.8) is 0 Å². The average Bonchev–Trinajstić information content (AvgIpc) is 2.62. The van der Waals surface area contributed by atoms with E-state index in [-0.39, 0.29) is 30.5 Å². The first-order chi connectivity index (χ1) is 12.3. The van der Waals surface area contributed by atoms with Crippen LogP contribution in [0.4, 0.5) is 10.5 Å². The van der Waals surface area contributed by atoms with Gasteiger partial charge in [-0.05, 0) is 62.3 Å². The standard InChI is InChI=1S/C20H31N3O3/c1-13-7-9-23(10-8-13)19(25)17-5-6-18(14(2)11-17)22-20(26)21-16(4)15(3)12-24/h5-6,11,13,15-16,24H,7-10,12H2,1-4H3,(H2,21,22,26). The van der Waals surface area contributed by atoms with Gasteiger partial charge in [-0.1, -0.05) is 13.8 Å². The van der Waals surface area contributed by atoms with Crippen LogP contribution in [0.15, 0.2) is 18.2 Å². The Bertz CT molecular complexity index is 639. The third-order valence-corrected chi connectivity index (χ3v) is 5.29. The number of aliphatic hydroxyl groups is 1. The summed E-state index contributed by atoms with van der Waals surface area (Å²) in [4.78, 5) is 26.7. The average molecular weight is 361 g/mol. The number of urea groups is 1. The summed E-state index contributed by atoms with van der Waals surface area (Å²) in [6.45, 7) is 9.47. The molecule has 0 aliphatic carbocycles. The zero-order valence-corrected chi connectivity index (χ0v) is 16.2. The quantitative estimate of drug-likeness (QED) is 0.754. The van der Waals surface area contributed by atoms with Gasteiger partial charge in [0.1, 0.15) is 0 Å². The number of hydrogen-bond donors (Lipinski definition) is 3. The van der Waals surface area contributed by atoms with E-state index in [1.54, 1.807) is 12.1 Å². The Balaban J connectivity index is 1.98. The summed E-state index contributed by atoms with van der Waals surface area (Å²) < 4.78 is 0. The summed E-state index contributed by atoms with van der Waals surface area (Å²) in [5, 5.41) is 14.8. The SMILES string of the molecule is Cc1cc(C(=O)N2CCC(C)CC2)ccc1NC(=O)NC(C)C(C)CO. The molecule has 1 fully saturated rings. The molecule has 144 valence electrons. The lowest BCUT2D eigenvalue weighted by Gasteiger charge is -2.30. The fraction of sp³-hybridized carbons (Fsp3) is 0.600. The number of aryl methyl sites for hydroxylation is 1. The predicted octanol–water partition coefficient (Wildman–Crippen LogP) is 3.01. The zero-order valence-electron chi connectivity index (χ0n) is 16.2. The molecule has 2 rings (SSSR count). The van der Waals surface area contributed by atoms with Gasteiger partial charge in [0, 0.05) is 37.0 Å². The van der Waals surface area contributed by atoms with Crippen molar-refractivity contribution >= 4 is 17.6 Å². The zero-order chi connectivity index (χ0) is 19.3. The molecule has 0 saturated carbocycles. The van der Waals surface area contributed by atoms with E-state index < -0.39 is 0 Å². The van der Waals surface area contributed by atoms with Crippen molar-refractivity contribution < 1.29 is 14.7 Å². The minimum atomic E-state index is -0.315. The number of amides is 3. The van der Waals surface area contributed by atoms with Gasteiger partial charge in [0.05, 0.1) is 0 Å². The molecule has 6 nitrogen and oxygen atoms in total. The molecule has 1 aliphatic rings. The van der Waals surface area contributed by atoms with Gasteiger partial charge >= 0.3 is 6.03 Å². The lowest BCUT2D eigenvalue weighted by Crippen LogP contribution is -2.41. The van der Waals surface area contributed by atoms with E-state index in [0.29, 0.717) is 17.2 Å². The van der Waals surface area contributed by atoms with Crippen molar-refractivity contribution in [2.45, 2.75) is 46.6 Å². The second kappa shape index (κ2) is 9.03. The van der Waals surface area contributed by atoms with Crippen LogP contribution < -0.4 is 10.6 Å². The van der Waals surface area contributed by atoms with Crippen molar-refractivity contribution in [2.24, 2.45) is 11.8 Å². The normalized spacial score (nSPS) is 17.5. The van der Waals surface area contributed by atoms with E-state index in [9.17, 15) is 9.59 Å². The van der Waals surface area contributed by atoms with E-state index in [1.807, 2.05) is 31.7 Å². The highest BCUT2D eigenvalue weighted by Crippen LogP contribution is 2.21.